The van der Waals surface area contributed by atoms with Gasteiger partial charge in [0.05, 0.1) is 32.7 Å². The number of nitrogens with zero attached hydrogens (tertiary/aromatic N) is 2. The number of amides is 4. The fourth-order valence-electron chi connectivity index (χ4n) is 19.2. The molecule has 732 valence electrons. The topological polar surface area (TPSA) is 399 Å². The van der Waals surface area contributed by atoms with Crippen LogP contribution in [0.4, 0.5) is 19.2 Å². The summed E-state index contributed by atoms with van der Waals surface area (Å²) in [4.78, 5) is 133. The summed E-state index contributed by atoms with van der Waals surface area (Å²) in [5.41, 5.74) is 25.4. The Labute approximate surface area is 831 Å². The van der Waals surface area contributed by atoms with E-state index in [9.17, 15) is 63.0 Å². The van der Waals surface area contributed by atoms with Crippen molar-refractivity contribution in [2.24, 2.45) is 0 Å². The molecule has 0 fully saturated rings. The lowest BCUT2D eigenvalue weighted by Gasteiger charge is -2.37. The van der Waals surface area contributed by atoms with Crippen molar-refractivity contribution in [1.29, 1.82) is 0 Å². The standard InChI is InChI=1S/C40H33N3O4.C21H21NO6.C20H19NO6.C19H19NO4.C16H14O2/c44-38(45)37(42-39(46)47-26-36-34-22-12-10-20-32(34)33-21-11-13-23-35(33)36)24-31-25-43(27-41-31)40(28-14-4-1-5-15-28,29-16-6-2-7-17-29)30-18-8-3-9-19-30;1-27-19(23)11-10-18(20(24)25)22-21(26)28-12-17-15-8-4-2-6-13(15)14-7-3-5-9-16(14)17;1-26-18(22)10-17(19(23)24)21-20(25)27-11-16-14-8-4-2-6-12(14)13-7-3-5-9-15(13)16;1-2-17(18(21)22)20-19(23)24-11-16-14-9-5-3-7-12(14)13-8-4-6-10-15(13)16;1-11(17)18-10-16-14-8-4-2-6-12(14)13-7-3-5-9-15(13)16/h1-23,25,27,36-37H,24,26H2,(H,42,46)(H,44,45);2-9,17-18H,10-12H2,1H3,(H,22,26)(H,24,25);2-9,16-17H,10-11H2,1H3,(H,21,25)(H,23,24);3-10,16-17H,2,11H2,1H3,(H,20,23)(H,21,22);2-9,16H,10H2,1H3/t37-;18-;2*17-;/m0000./s1. The number of alkyl carbamates (subject to hydrolysis) is 4. The van der Waals surface area contributed by atoms with E-state index in [-0.39, 0.29) is 81.2 Å². The van der Waals surface area contributed by atoms with Crippen molar-refractivity contribution in [3.8, 4) is 55.6 Å². The quantitative estimate of drug-likeness (QED) is 0.0118. The number of benzene rings is 13. The van der Waals surface area contributed by atoms with Crippen molar-refractivity contribution in [3.63, 3.8) is 0 Å². The lowest BCUT2D eigenvalue weighted by Crippen LogP contribution is -2.43. The minimum Gasteiger partial charge on any atom is -0.480 e. The van der Waals surface area contributed by atoms with E-state index in [1.54, 1.807) is 13.3 Å². The Kier molecular flexibility index (Phi) is 33.2. The highest BCUT2D eigenvalue weighted by Crippen LogP contribution is 2.50. The molecule has 8 N–H and O–H groups in total. The molecular formula is C116H106N6O22. The molecule has 14 aromatic rings. The number of carboxylic acids is 4. The van der Waals surface area contributed by atoms with Crippen LogP contribution in [-0.4, -0.2) is 168 Å². The lowest BCUT2D eigenvalue weighted by atomic mass is 9.77. The van der Waals surface area contributed by atoms with Gasteiger partial charge in [-0.25, -0.2) is 43.3 Å². The van der Waals surface area contributed by atoms with Crippen LogP contribution in [0.2, 0.25) is 0 Å². The SMILES string of the molecule is CC(=O)OCC1c2ccccc2-c2ccccc21.CC[C@H](NC(=O)OCC1c2ccccc2-c2ccccc21)C(=O)O.COC(=O)CC[C@H](NC(=O)OCC1c2ccccc2-c2ccccc21)C(=O)O.COC(=O)C[C@H](NC(=O)OCC1c2ccccc2-c2ccccc21)C(=O)O.O=C(N[C@@H](Cc1cn(C(c2ccccc2)(c2ccccc2)c2ccccc2)cn1)C(=O)O)OCC1c2ccccc2-c2ccccc21. The first-order chi connectivity index (χ1) is 70.0. The maximum atomic E-state index is 13.0. The van der Waals surface area contributed by atoms with Gasteiger partial charge in [-0.1, -0.05) is 341 Å². The van der Waals surface area contributed by atoms with Gasteiger partial charge in [-0.05, 0) is 141 Å². The van der Waals surface area contributed by atoms with E-state index in [1.807, 2.05) is 259 Å². The van der Waals surface area contributed by atoms with Gasteiger partial charge in [0, 0.05) is 55.6 Å². The number of carboxylic acid groups (broad SMARTS) is 4. The number of hydrogen-bond donors (Lipinski definition) is 8. The normalized spacial score (nSPS) is 13.2. The Balaban J connectivity index is 0.000000141. The molecule has 1 aromatic heterocycles. The number of fused-ring (bicyclic) bond motifs is 15. The van der Waals surface area contributed by atoms with Crippen molar-refractivity contribution in [1.82, 2.24) is 30.8 Å². The van der Waals surface area contributed by atoms with Gasteiger partial charge in [0.15, 0.2) is 0 Å². The summed E-state index contributed by atoms with van der Waals surface area (Å²) in [5, 5.41) is 46.9. The van der Waals surface area contributed by atoms with Gasteiger partial charge in [0.25, 0.3) is 0 Å². The summed E-state index contributed by atoms with van der Waals surface area (Å²) in [6, 6.07) is 106. The van der Waals surface area contributed by atoms with E-state index >= 15 is 0 Å². The number of hydrogen-bond acceptors (Lipinski definition) is 19. The zero-order valence-corrected chi connectivity index (χ0v) is 79.2. The molecule has 28 heteroatoms. The molecule has 5 aliphatic rings. The first kappa shape index (κ1) is 101. The van der Waals surface area contributed by atoms with Crippen molar-refractivity contribution >= 4 is 66.2 Å². The van der Waals surface area contributed by atoms with Crippen molar-refractivity contribution in [3.05, 3.63) is 424 Å². The number of esters is 3. The van der Waals surface area contributed by atoms with Crippen LogP contribution in [0.5, 0.6) is 0 Å². The van der Waals surface area contributed by atoms with E-state index in [4.69, 9.17) is 33.9 Å². The van der Waals surface area contributed by atoms with Gasteiger partial charge in [0.2, 0.25) is 0 Å². The number of aliphatic carboxylic acids is 4. The molecule has 144 heavy (non-hydrogen) atoms. The third kappa shape index (κ3) is 23.3. The molecule has 0 radical (unpaired) electrons. The third-order valence-corrected chi connectivity index (χ3v) is 26.0. The maximum Gasteiger partial charge on any atom is 0.407 e. The molecule has 13 aromatic carbocycles. The fraction of sp³-hybridized carbons (Fsp3) is 0.207. The van der Waals surface area contributed by atoms with Crippen LogP contribution in [0.15, 0.2) is 346 Å². The molecule has 0 saturated heterocycles. The second kappa shape index (κ2) is 47.4. The van der Waals surface area contributed by atoms with E-state index in [1.165, 1.54) is 36.3 Å². The van der Waals surface area contributed by atoms with Gasteiger partial charge in [-0.3, -0.25) is 14.4 Å². The van der Waals surface area contributed by atoms with Crippen molar-refractivity contribution in [2.75, 3.05) is 47.3 Å². The summed E-state index contributed by atoms with van der Waals surface area (Å²) in [5.74, 6) is -6.56. The zero-order chi connectivity index (χ0) is 101. The Morgan fingerprint density at radius 3 is 0.799 bits per heavy atom. The molecule has 0 saturated carbocycles. The van der Waals surface area contributed by atoms with Crippen LogP contribution in [0.1, 0.15) is 147 Å². The molecular weight excluding hydrogens is 1830 g/mol. The van der Waals surface area contributed by atoms with Crippen molar-refractivity contribution < 1.29 is 106 Å². The summed E-state index contributed by atoms with van der Waals surface area (Å²) in [6.07, 6.45) is -0.0131. The number of aromatic nitrogens is 2. The average molecular weight is 1940 g/mol. The number of imidazole rings is 1. The fourth-order valence-corrected chi connectivity index (χ4v) is 19.2. The first-order valence-electron chi connectivity index (χ1n) is 47.0. The monoisotopic (exact) mass is 1930 g/mol. The van der Waals surface area contributed by atoms with Gasteiger partial charge >= 0.3 is 66.2 Å². The lowest BCUT2D eigenvalue weighted by molar-refractivity contribution is -0.147. The van der Waals surface area contributed by atoms with Crippen LogP contribution in [0, 0.1) is 0 Å². The summed E-state index contributed by atoms with van der Waals surface area (Å²) in [7, 11) is 2.37. The number of carbonyl (C=O) groups excluding carboxylic acids is 7. The summed E-state index contributed by atoms with van der Waals surface area (Å²) >= 11 is 0. The number of rotatable bonds is 30. The number of methoxy groups -OCH3 is 2. The Hall–Kier alpha value is -17.6. The molecule has 1 heterocycles. The molecule has 0 spiro atoms. The van der Waals surface area contributed by atoms with Crippen LogP contribution in [-0.2, 0) is 78.7 Å². The van der Waals surface area contributed by atoms with Crippen LogP contribution in [0.3, 0.4) is 0 Å². The van der Waals surface area contributed by atoms with Gasteiger partial charge in [0.1, 0.15) is 62.7 Å². The van der Waals surface area contributed by atoms with E-state index in [0.717, 1.165) is 113 Å². The van der Waals surface area contributed by atoms with Gasteiger partial charge < -0.3 is 79.4 Å². The van der Waals surface area contributed by atoms with Crippen LogP contribution >= 0.6 is 0 Å². The molecule has 4 amide bonds. The zero-order valence-electron chi connectivity index (χ0n) is 79.2. The molecule has 0 unspecified atom stereocenters. The van der Waals surface area contributed by atoms with Gasteiger partial charge in [-0.2, -0.15) is 0 Å². The Bertz CT molecular complexity index is 6670. The number of ether oxygens (including phenoxy) is 7. The summed E-state index contributed by atoms with van der Waals surface area (Å²) < 4.78 is 37.7. The molecule has 0 aliphatic heterocycles. The minimum absolute atomic E-state index is 0.0268. The highest BCUT2D eigenvalue weighted by atomic mass is 16.6. The average Bonchev–Trinajstić information content (AvgIpc) is 1.41. The summed E-state index contributed by atoms with van der Waals surface area (Å²) in [6.45, 7) is 3.98. The molecule has 4 atom stereocenters. The Morgan fingerprint density at radius 2 is 0.549 bits per heavy atom. The second-order valence-corrected chi connectivity index (χ2v) is 34.6. The predicted octanol–water partition coefficient (Wildman–Crippen LogP) is 19.5. The molecule has 5 aliphatic carbocycles. The van der Waals surface area contributed by atoms with Crippen LogP contribution in [0.25, 0.3) is 55.6 Å². The second-order valence-electron chi connectivity index (χ2n) is 34.6. The largest absolute Gasteiger partial charge is 0.480 e. The number of carbonyl (C=O) groups is 11. The highest BCUT2D eigenvalue weighted by molar-refractivity contribution is 5.88. The minimum atomic E-state index is -1.41. The van der Waals surface area contributed by atoms with Crippen LogP contribution < -0.4 is 21.3 Å². The van der Waals surface area contributed by atoms with E-state index < -0.39 is 96.3 Å². The predicted molar refractivity (Wildman–Crippen MR) is 538 cm³/mol. The van der Waals surface area contributed by atoms with E-state index in [2.05, 4.69) is 121 Å². The smallest absolute Gasteiger partial charge is 0.407 e. The molecule has 19 rings (SSSR count). The maximum absolute atomic E-state index is 13.0. The first-order valence-corrected chi connectivity index (χ1v) is 47.0. The molecule has 0 bridgehead atoms. The third-order valence-electron chi connectivity index (χ3n) is 26.0. The van der Waals surface area contributed by atoms with Gasteiger partial charge in [-0.15, -0.1) is 0 Å². The number of nitrogens with one attached hydrogen (secondary N) is 4. The molecule has 28 nitrogen and oxygen atoms in total. The Morgan fingerprint density at radius 1 is 0.312 bits per heavy atom. The van der Waals surface area contributed by atoms with Crippen molar-refractivity contribution in [2.45, 2.75) is 105 Å². The van der Waals surface area contributed by atoms with E-state index in [0.29, 0.717) is 18.7 Å². The highest BCUT2D eigenvalue weighted by Gasteiger charge is 2.41.